The molecule has 0 aromatic carbocycles. The van der Waals surface area contributed by atoms with Crippen molar-refractivity contribution in [2.24, 2.45) is 0 Å². The molecule has 0 amide bonds. The van der Waals surface area contributed by atoms with E-state index in [4.69, 9.17) is 0 Å². The fourth-order valence-electron chi connectivity index (χ4n) is 2.54. The molecule has 1 atom stereocenters. The molecule has 1 radical (unpaired) electrons. The van der Waals surface area contributed by atoms with Crippen molar-refractivity contribution in [1.82, 2.24) is 0 Å². The third kappa shape index (κ3) is 14.7. The van der Waals surface area contributed by atoms with Gasteiger partial charge in [-0.05, 0) is 6.42 Å². The van der Waals surface area contributed by atoms with E-state index in [1.807, 2.05) is 4.74 Å². The Morgan fingerprint density at radius 3 is 0.924 bits per heavy atom. The number of hydrogen-bond acceptors (Lipinski definition) is 7. The maximum absolute atomic E-state index is 13.7. The van der Waals surface area contributed by atoms with Crippen LogP contribution in [0.2, 0.25) is 0 Å². The van der Waals surface area contributed by atoms with Crippen molar-refractivity contribution in [3.8, 4) is 0 Å². The largest absolute Gasteiger partial charge is 0.458 e. The van der Waals surface area contributed by atoms with E-state index in [0.29, 0.717) is 6.92 Å². The van der Waals surface area contributed by atoms with Crippen molar-refractivity contribution in [1.29, 1.82) is 0 Å². The van der Waals surface area contributed by atoms with Crippen LogP contribution in [-0.4, -0.2) is 110 Å². The van der Waals surface area contributed by atoms with Crippen LogP contribution in [0.15, 0.2) is 0 Å². The Balaban J connectivity index is -0.00000128. The van der Waals surface area contributed by atoms with Crippen LogP contribution in [0.25, 0.3) is 0 Å². The van der Waals surface area contributed by atoms with E-state index in [1.54, 1.807) is 4.74 Å². The second-order valence-electron chi connectivity index (χ2n) is 11.3. The van der Waals surface area contributed by atoms with Crippen molar-refractivity contribution >= 4 is 0 Å². The van der Waals surface area contributed by atoms with E-state index in [9.17, 15) is 154 Å². The number of halogens is 35. The SMILES string of the molecule is CC(F)(F)OC(F)(F)C(F)(OC(F)(F)C(F)(F)OC(F)(F)C(F)(F)C(F)(F)OC(F)(F)C(C)(F)F)C(F)(F)F.CCC(F)(F)[C-](F)OC(F)(F)C(F)(F)C(F)(F)OC(F)(F)C(F)(F)OC.[Y]. The summed E-state index contributed by atoms with van der Waals surface area (Å²) in [4.78, 5) is 0. The second-order valence-corrected chi connectivity index (χ2v) is 11.3. The molecule has 0 saturated heterocycles. The van der Waals surface area contributed by atoms with E-state index in [0.717, 1.165) is 4.74 Å². The molecule has 43 heteroatoms. The van der Waals surface area contributed by atoms with Crippen molar-refractivity contribution < 1.29 is 220 Å². The summed E-state index contributed by atoms with van der Waals surface area (Å²) < 4.78 is 465. The average Bonchev–Trinajstić information content (AvgIpc) is 3.00. The standard InChI is InChI=1S/C13H6F22O4.C10H8F13O3.Y/c1-3(14,15)8(24,25)38-9(26,27)5(18,19)10(28,29)39-13(34,35)12(32,33)37-6(20,7(21,22)23)11(30,31)36-4(2,16)17;1-3-5(12,13)4(11)25-7(16,17)6(14,15)8(18,19)26-10(22,23)9(20,21)24-2;/h1-2H3;3H2,1-2H3;/q;-1;. The summed E-state index contributed by atoms with van der Waals surface area (Å²) in [6.07, 6.45) is -92.2. The van der Waals surface area contributed by atoms with Gasteiger partial charge in [0.05, 0.1) is 0 Å². The molecular formula is C23H14F35O7Y-. The van der Waals surface area contributed by atoms with Gasteiger partial charge >= 0.3 is 97.0 Å². The smallest absolute Gasteiger partial charge is 0.452 e. The Kier molecular flexibility index (Phi) is 20.7. The molecule has 0 aromatic rings. The van der Waals surface area contributed by atoms with Gasteiger partial charge in [0, 0.05) is 60.0 Å². The molecular weight excluding hydrogens is 1140 g/mol. The first-order valence-electron chi connectivity index (χ1n) is 14.2. The van der Waals surface area contributed by atoms with Gasteiger partial charge in [0.1, 0.15) is 0 Å². The number of methoxy groups -OCH3 is 1. The van der Waals surface area contributed by atoms with Crippen LogP contribution in [0.4, 0.5) is 154 Å². The van der Waals surface area contributed by atoms with Crippen molar-refractivity contribution in [2.45, 2.75) is 130 Å². The first-order chi connectivity index (χ1) is 27.5. The van der Waals surface area contributed by atoms with E-state index in [1.165, 1.54) is 9.47 Å². The summed E-state index contributed by atoms with van der Waals surface area (Å²) in [6.45, 7) is -1.56. The fraction of sp³-hybridized carbons (Fsp3) is 0.957. The van der Waals surface area contributed by atoms with Gasteiger partial charge in [-0.1, -0.05) is 6.92 Å². The molecule has 1 unspecified atom stereocenters. The third-order valence-corrected chi connectivity index (χ3v) is 5.94. The Morgan fingerprint density at radius 1 is 0.364 bits per heavy atom. The molecule has 66 heavy (non-hydrogen) atoms. The van der Waals surface area contributed by atoms with Gasteiger partial charge in [-0.25, -0.2) is 23.0 Å². The minimum atomic E-state index is -8.21. The zero-order valence-corrected chi connectivity index (χ0v) is 33.2. The van der Waals surface area contributed by atoms with Gasteiger partial charge in [-0.3, -0.25) is 9.47 Å². The molecule has 0 aromatic heterocycles. The normalized spacial score (nSPS) is 16.7. The summed E-state index contributed by atoms with van der Waals surface area (Å²) in [7, 11) is -0.206. The molecule has 0 saturated carbocycles. The number of hydrogen-bond donors (Lipinski definition) is 0. The molecule has 0 aliphatic carbocycles. The maximum atomic E-state index is 13.7. The molecule has 0 aliphatic heterocycles. The van der Waals surface area contributed by atoms with Crippen LogP contribution in [0.5, 0.6) is 0 Å². The first-order valence-corrected chi connectivity index (χ1v) is 14.2. The van der Waals surface area contributed by atoms with Crippen LogP contribution in [-0.2, 0) is 65.9 Å². The maximum Gasteiger partial charge on any atom is 0.458 e. The Hall–Kier alpha value is -1.63. The zero-order chi connectivity index (χ0) is 53.7. The molecule has 0 spiro atoms. The van der Waals surface area contributed by atoms with Gasteiger partial charge in [0.25, 0.3) is 0 Å². The van der Waals surface area contributed by atoms with Crippen LogP contribution in [0.1, 0.15) is 27.2 Å². The quantitative estimate of drug-likeness (QED) is 0.0746. The predicted octanol–water partition coefficient (Wildman–Crippen LogP) is 12.9. The first kappa shape index (κ1) is 68.6. The Labute approximate surface area is 363 Å². The van der Waals surface area contributed by atoms with E-state index < -0.39 is 130 Å². The van der Waals surface area contributed by atoms with Gasteiger partial charge in [-0.2, -0.15) is 140 Å². The average molecular weight is 1160 g/mol. The zero-order valence-electron chi connectivity index (χ0n) is 30.4. The molecule has 0 fully saturated rings. The third-order valence-electron chi connectivity index (χ3n) is 5.94. The Bertz CT molecular complexity index is 1560. The van der Waals surface area contributed by atoms with Crippen molar-refractivity contribution in [3.63, 3.8) is 0 Å². The van der Waals surface area contributed by atoms with Crippen molar-refractivity contribution in [2.75, 3.05) is 7.11 Å². The monoisotopic (exact) mass is 1160 g/mol. The topological polar surface area (TPSA) is 64.6 Å². The van der Waals surface area contributed by atoms with Gasteiger partial charge in [-0.15, -0.1) is 0 Å². The van der Waals surface area contributed by atoms with Crippen molar-refractivity contribution in [3.05, 3.63) is 6.36 Å². The number of rotatable bonds is 23. The summed E-state index contributed by atoms with van der Waals surface area (Å²) in [6, 6.07) is 0. The van der Waals surface area contributed by atoms with Gasteiger partial charge in [0.2, 0.25) is 0 Å². The minimum Gasteiger partial charge on any atom is -0.452 e. The van der Waals surface area contributed by atoms with E-state index in [-0.39, 0.29) is 39.8 Å². The molecule has 397 valence electrons. The van der Waals surface area contributed by atoms with Crippen LogP contribution in [0, 0.1) is 6.36 Å². The molecule has 0 heterocycles. The molecule has 0 bridgehead atoms. The van der Waals surface area contributed by atoms with E-state index in [2.05, 4.69) is 9.47 Å². The Morgan fingerprint density at radius 2 is 0.652 bits per heavy atom. The molecule has 7 nitrogen and oxygen atoms in total. The van der Waals surface area contributed by atoms with E-state index >= 15 is 0 Å². The fourth-order valence-corrected chi connectivity index (χ4v) is 2.54. The molecule has 0 aliphatic rings. The minimum absolute atomic E-state index is 0. The number of alkyl halides is 34. The van der Waals surface area contributed by atoms with Gasteiger partial charge in [0.15, 0.2) is 5.92 Å². The predicted molar refractivity (Wildman–Crippen MR) is 124 cm³/mol. The van der Waals surface area contributed by atoms with Gasteiger partial charge < -0.3 is 13.9 Å². The summed E-state index contributed by atoms with van der Waals surface area (Å²) in [5, 5.41) is 0. The van der Waals surface area contributed by atoms with Crippen LogP contribution in [0.3, 0.4) is 0 Å². The summed E-state index contributed by atoms with van der Waals surface area (Å²) >= 11 is 0. The second kappa shape index (κ2) is 19.9. The van der Waals surface area contributed by atoms with Crippen LogP contribution >= 0.6 is 0 Å². The summed E-state index contributed by atoms with van der Waals surface area (Å²) in [5.41, 5.74) is 0. The van der Waals surface area contributed by atoms with Crippen LogP contribution < -0.4 is 0 Å². The molecule has 0 N–H and O–H groups in total. The molecule has 0 rings (SSSR count). The number of ether oxygens (including phenoxy) is 7. The summed E-state index contributed by atoms with van der Waals surface area (Å²) in [5.74, 6) is -34.3.